The molecule has 90 valence electrons. The highest BCUT2D eigenvalue weighted by atomic mass is 32.1. The van der Waals surface area contributed by atoms with Crippen LogP contribution in [0.25, 0.3) is 0 Å². The van der Waals surface area contributed by atoms with E-state index in [0.29, 0.717) is 12.1 Å². The molecule has 1 N–H and O–H groups in total. The van der Waals surface area contributed by atoms with Gasteiger partial charge in [-0.2, -0.15) is 0 Å². The van der Waals surface area contributed by atoms with Gasteiger partial charge in [-0.3, -0.25) is 4.98 Å². The Morgan fingerprint density at radius 1 is 1.44 bits per heavy atom. The van der Waals surface area contributed by atoms with Crippen molar-refractivity contribution in [3.05, 3.63) is 16.6 Å². The molecule has 0 spiro atoms. The van der Waals surface area contributed by atoms with E-state index in [1.165, 1.54) is 24.1 Å². The van der Waals surface area contributed by atoms with Gasteiger partial charge in [0.15, 0.2) is 0 Å². The molecule has 1 aromatic heterocycles. The van der Waals surface area contributed by atoms with Crippen LogP contribution in [0.2, 0.25) is 0 Å². The highest BCUT2D eigenvalue weighted by Crippen LogP contribution is 2.30. The lowest BCUT2D eigenvalue weighted by Gasteiger charge is -2.35. The fraction of sp³-hybridized carbons (Fsp3) is 0.769. The molecule has 4 atom stereocenters. The topological polar surface area (TPSA) is 24.9 Å². The van der Waals surface area contributed by atoms with Crippen LogP contribution in [0.4, 0.5) is 0 Å². The fourth-order valence-electron chi connectivity index (χ4n) is 2.76. The summed E-state index contributed by atoms with van der Waals surface area (Å²) in [6.07, 6.45) is 6.05. The minimum atomic E-state index is 0.452. The van der Waals surface area contributed by atoms with Crippen LogP contribution >= 0.6 is 11.3 Å². The first-order chi connectivity index (χ1) is 7.66. The zero-order chi connectivity index (χ0) is 11.5. The normalized spacial score (nSPS) is 32.6. The van der Waals surface area contributed by atoms with Crippen molar-refractivity contribution < 1.29 is 0 Å². The van der Waals surface area contributed by atoms with Crippen LogP contribution in [0.5, 0.6) is 0 Å². The molecule has 0 bridgehead atoms. The molecular formula is C13H22N2S. The van der Waals surface area contributed by atoms with Gasteiger partial charge in [0.05, 0.1) is 5.51 Å². The van der Waals surface area contributed by atoms with Gasteiger partial charge in [0.2, 0.25) is 0 Å². The summed E-state index contributed by atoms with van der Waals surface area (Å²) >= 11 is 1.75. The van der Waals surface area contributed by atoms with E-state index < -0.39 is 0 Å². The Kier molecular flexibility index (Phi) is 3.98. The molecule has 3 heteroatoms. The molecule has 1 aliphatic rings. The fourth-order valence-corrected chi connectivity index (χ4v) is 3.39. The van der Waals surface area contributed by atoms with Crippen LogP contribution in [0.15, 0.2) is 11.7 Å². The van der Waals surface area contributed by atoms with E-state index in [4.69, 9.17) is 0 Å². The molecule has 0 radical (unpaired) electrons. The van der Waals surface area contributed by atoms with Crippen molar-refractivity contribution in [1.82, 2.24) is 10.3 Å². The molecule has 16 heavy (non-hydrogen) atoms. The summed E-state index contributed by atoms with van der Waals surface area (Å²) in [5.74, 6) is 1.71. The second-order valence-corrected chi connectivity index (χ2v) is 6.21. The molecule has 0 aromatic carbocycles. The summed E-state index contributed by atoms with van der Waals surface area (Å²) in [5.41, 5.74) is 1.92. The molecule has 0 saturated heterocycles. The maximum atomic E-state index is 4.15. The SMILES string of the molecule is CC1CCC(NC(C)c2cncs2)C(C)C1. The molecule has 1 aromatic rings. The zero-order valence-electron chi connectivity index (χ0n) is 10.4. The van der Waals surface area contributed by atoms with Crippen LogP contribution in [0, 0.1) is 11.8 Å². The summed E-state index contributed by atoms with van der Waals surface area (Å²) < 4.78 is 0. The van der Waals surface area contributed by atoms with Crippen molar-refractivity contribution >= 4 is 11.3 Å². The number of hydrogen-bond donors (Lipinski definition) is 1. The van der Waals surface area contributed by atoms with E-state index >= 15 is 0 Å². The summed E-state index contributed by atoms with van der Waals surface area (Å²) in [4.78, 5) is 5.50. The van der Waals surface area contributed by atoms with E-state index in [0.717, 1.165) is 11.8 Å². The van der Waals surface area contributed by atoms with E-state index in [2.05, 4.69) is 31.1 Å². The number of rotatable bonds is 3. The van der Waals surface area contributed by atoms with Gasteiger partial charge in [-0.1, -0.05) is 13.8 Å². The highest BCUT2D eigenvalue weighted by Gasteiger charge is 2.26. The first-order valence-electron chi connectivity index (χ1n) is 6.31. The standard InChI is InChI=1S/C13H22N2S/c1-9-4-5-12(10(2)6-9)15-11(3)13-7-14-8-16-13/h7-12,15H,4-6H2,1-3H3. The average molecular weight is 238 g/mol. The Labute approximate surface area is 102 Å². The van der Waals surface area contributed by atoms with Crippen LogP contribution < -0.4 is 5.32 Å². The van der Waals surface area contributed by atoms with Gasteiger partial charge in [0.1, 0.15) is 0 Å². The lowest BCUT2D eigenvalue weighted by molar-refractivity contribution is 0.217. The highest BCUT2D eigenvalue weighted by molar-refractivity contribution is 7.09. The quantitative estimate of drug-likeness (QED) is 0.870. The van der Waals surface area contributed by atoms with Crippen LogP contribution in [-0.2, 0) is 0 Å². The van der Waals surface area contributed by atoms with Gasteiger partial charge in [-0.05, 0) is 38.0 Å². The van der Waals surface area contributed by atoms with Gasteiger partial charge >= 0.3 is 0 Å². The Bertz CT molecular complexity index is 310. The van der Waals surface area contributed by atoms with Crippen LogP contribution in [-0.4, -0.2) is 11.0 Å². The predicted molar refractivity (Wildman–Crippen MR) is 69.6 cm³/mol. The van der Waals surface area contributed by atoms with E-state index in [1.54, 1.807) is 11.3 Å². The van der Waals surface area contributed by atoms with Gasteiger partial charge in [-0.25, -0.2) is 0 Å². The van der Waals surface area contributed by atoms with Crippen LogP contribution in [0.3, 0.4) is 0 Å². The summed E-state index contributed by atoms with van der Waals surface area (Å²) in [7, 11) is 0. The Hall–Kier alpha value is -0.410. The van der Waals surface area contributed by atoms with E-state index in [-0.39, 0.29) is 0 Å². The first-order valence-corrected chi connectivity index (χ1v) is 7.19. The minimum absolute atomic E-state index is 0.452. The van der Waals surface area contributed by atoms with Crippen molar-refractivity contribution in [3.8, 4) is 0 Å². The molecule has 1 saturated carbocycles. The smallest absolute Gasteiger partial charge is 0.0794 e. The lowest BCUT2D eigenvalue weighted by Crippen LogP contribution is -2.40. The molecule has 2 rings (SSSR count). The Morgan fingerprint density at radius 2 is 2.25 bits per heavy atom. The number of nitrogens with zero attached hydrogens (tertiary/aromatic N) is 1. The predicted octanol–water partition coefficient (Wildman–Crippen LogP) is 3.62. The Morgan fingerprint density at radius 3 is 2.88 bits per heavy atom. The average Bonchev–Trinajstić information content (AvgIpc) is 2.75. The third-order valence-corrected chi connectivity index (χ3v) is 4.73. The van der Waals surface area contributed by atoms with Crippen molar-refractivity contribution in [1.29, 1.82) is 0 Å². The zero-order valence-corrected chi connectivity index (χ0v) is 11.3. The number of thiazole rings is 1. The maximum Gasteiger partial charge on any atom is 0.0794 e. The van der Waals surface area contributed by atoms with Crippen molar-refractivity contribution in [2.45, 2.75) is 52.1 Å². The molecule has 1 heterocycles. The number of nitrogens with one attached hydrogen (secondary N) is 1. The molecule has 2 nitrogen and oxygen atoms in total. The van der Waals surface area contributed by atoms with Gasteiger partial charge in [-0.15, -0.1) is 11.3 Å². The first kappa shape index (κ1) is 12.1. The second kappa shape index (κ2) is 5.28. The van der Waals surface area contributed by atoms with Gasteiger partial charge < -0.3 is 5.32 Å². The van der Waals surface area contributed by atoms with Crippen molar-refractivity contribution in [2.24, 2.45) is 11.8 Å². The largest absolute Gasteiger partial charge is 0.306 e. The lowest BCUT2D eigenvalue weighted by atomic mass is 9.79. The van der Waals surface area contributed by atoms with Gasteiger partial charge in [0.25, 0.3) is 0 Å². The van der Waals surface area contributed by atoms with E-state index in [1.807, 2.05) is 11.7 Å². The summed E-state index contributed by atoms with van der Waals surface area (Å²) in [5, 5.41) is 3.76. The van der Waals surface area contributed by atoms with Crippen molar-refractivity contribution in [2.75, 3.05) is 0 Å². The van der Waals surface area contributed by atoms with E-state index in [9.17, 15) is 0 Å². The number of hydrogen-bond acceptors (Lipinski definition) is 3. The third kappa shape index (κ3) is 2.83. The molecule has 0 amide bonds. The maximum absolute atomic E-state index is 4.15. The van der Waals surface area contributed by atoms with Crippen molar-refractivity contribution in [3.63, 3.8) is 0 Å². The molecule has 0 aliphatic heterocycles. The third-order valence-electron chi connectivity index (χ3n) is 3.77. The second-order valence-electron chi connectivity index (χ2n) is 5.29. The Balaban J connectivity index is 1.89. The van der Waals surface area contributed by atoms with Gasteiger partial charge in [0, 0.05) is 23.2 Å². The monoisotopic (exact) mass is 238 g/mol. The molecular weight excluding hydrogens is 216 g/mol. The summed E-state index contributed by atoms with van der Waals surface area (Å²) in [6.45, 7) is 7.00. The molecule has 1 aliphatic carbocycles. The minimum Gasteiger partial charge on any atom is -0.306 e. The van der Waals surface area contributed by atoms with Crippen LogP contribution in [0.1, 0.15) is 51.0 Å². The summed E-state index contributed by atoms with van der Waals surface area (Å²) in [6, 6.07) is 1.14. The number of aromatic nitrogens is 1. The molecule has 4 unspecified atom stereocenters. The molecule has 1 fully saturated rings.